The predicted molar refractivity (Wildman–Crippen MR) is 109 cm³/mol. The van der Waals surface area contributed by atoms with Crippen LogP contribution in [0.1, 0.15) is 23.0 Å². The minimum absolute atomic E-state index is 0.0169. The zero-order chi connectivity index (χ0) is 19.7. The maximum absolute atomic E-state index is 12.9. The number of aromatic amines is 1. The number of hydrogen-bond donors (Lipinski definition) is 1. The summed E-state index contributed by atoms with van der Waals surface area (Å²) in [6, 6.07) is 8.69. The number of aromatic nitrogens is 2. The molecule has 1 aliphatic rings. The number of nitrogens with zero attached hydrogens (tertiary/aromatic N) is 3. The Kier molecular flexibility index (Phi) is 5.15. The lowest BCUT2D eigenvalue weighted by molar-refractivity contribution is 0.0643. The van der Waals surface area contributed by atoms with Crippen LogP contribution in [0.15, 0.2) is 45.8 Å². The second-order valence-corrected chi connectivity index (χ2v) is 7.27. The van der Waals surface area contributed by atoms with Crippen LogP contribution < -0.4 is 5.56 Å². The second-order valence-electron chi connectivity index (χ2n) is 6.89. The van der Waals surface area contributed by atoms with Crippen molar-refractivity contribution in [3.05, 3.63) is 63.0 Å². The SMILES string of the molecule is CCN1CCN(C(=O)c2ccc3c(=O)n(Cc4ccco4)c(=S)[nH]c3c2)CC1. The quantitative estimate of drug-likeness (QED) is 0.684. The standard InChI is InChI=1S/C20H22N4O3S/c1-2-22-7-9-23(10-8-22)18(25)14-5-6-16-17(12-14)21-20(28)24(19(16)26)13-15-4-3-11-27-15/h3-6,11-12H,2,7-10,13H2,1H3,(H,21,28). The van der Waals surface area contributed by atoms with Crippen molar-refractivity contribution in [2.75, 3.05) is 32.7 Å². The van der Waals surface area contributed by atoms with Crippen LogP contribution in [0.4, 0.5) is 0 Å². The van der Waals surface area contributed by atoms with Gasteiger partial charge in [-0.1, -0.05) is 6.92 Å². The van der Waals surface area contributed by atoms with Crippen molar-refractivity contribution >= 4 is 29.0 Å². The molecule has 0 spiro atoms. The summed E-state index contributed by atoms with van der Waals surface area (Å²) in [4.78, 5) is 33.0. The Bertz CT molecular complexity index is 1110. The zero-order valence-electron chi connectivity index (χ0n) is 15.7. The van der Waals surface area contributed by atoms with Crippen LogP contribution in [-0.4, -0.2) is 58.0 Å². The number of hydrogen-bond acceptors (Lipinski definition) is 5. The maximum Gasteiger partial charge on any atom is 0.262 e. The van der Waals surface area contributed by atoms with Gasteiger partial charge in [0.2, 0.25) is 0 Å². The molecular formula is C20H22N4O3S. The smallest absolute Gasteiger partial charge is 0.262 e. The van der Waals surface area contributed by atoms with Crippen molar-refractivity contribution < 1.29 is 9.21 Å². The van der Waals surface area contributed by atoms with Crippen LogP contribution in [0.5, 0.6) is 0 Å². The summed E-state index contributed by atoms with van der Waals surface area (Å²) in [5, 5.41) is 0.493. The molecule has 28 heavy (non-hydrogen) atoms. The summed E-state index contributed by atoms with van der Waals surface area (Å²) in [5.41, 5.74) is 0.931. The average molecular weight is 398 g/mol. The highest BCUT2D eigenvalue weighted by atomic mass is 32.1. The second kappa shape index (κ2) is 7.73. The van der Waals surface area contributed by atoms with E-state index in [0.717, 1.165) is 19.6 Å². The fraction of sp³-hybridized carbons (Fsp3) is 0.350. The highest BCUT2D eigenvalue weighted by molar-refractivity contribution is 7.71. The van der Waals surface area contributed by atoms with E-state index in [9.17, 15) is 9.59 Å². The molecule has 1 fully saturated rings. The third-order valence-corrected chi connectivity index (χ3v) is 5.55. The van der Waals surface area contributed by atoms with E-state index in [1.165, 1.54) is 4.57 Å². The summed E-state index contributed by atoms with van der Waals surface area (Å²) in [5.74, 6) is 0.635. The summed E-state index contributed by atoms with van der Waals surface area (Å²) in [6.45, 7) is 6.59. The summed E-state index contributed by atoms with van der Waals surface area (Å²) in [6.07, 6.45) is 1.56. The normalized spacial score (nSPS) is 15.2. The fourth-order valence-electron chi connectivity index (χ4n) is 3.54. The van der Waals surface area contributed by atoms with Gasteiger partial charge in [-0.15, -0.1) is 0 Å². The number of benzene rings is 1. The third kappa shape index (κ3) is 3.53. The molecule has 1 aliphatic heterocycles. The number of carbonyl (C=O) groups excluding carboxylic acids is 1. The number of carbonyl (C=O) groups is 1. The van der Waals surface area contributed by atoms with Gasteiger partial charge in [-0.05, 0) is 49.1 Å². The van der Waals surface area contributed by atoms with Crippen molar-refractivity contribution in [1.29, 1.82) is 0 Å². The van der Waals surface area contributed by atoms with Gasteiger partial charge in [0.25, 0.3) is 11.5 Å². The number of likely N-dealkylation sites (N-methyl/N-ethyl adjacent to an activating group) is 1. The zero-order valence-corrected chi connectivity index (χ0v) is 16.5. The molecule has 7 nitrogen and oxygen atoms in total. The lowest BCUT2D eigenvalue weighted by Crippen LogP contribution is -2.48. The Hall–Kier alpha value is -2.71. The Balaban J connectivity index is 1.64. The molecule has 8 heteroatoms. The largest absolute Gasteiger partial charge is 0.467 e. The molecule has 0 bridgehead atoms. The third-order valence-electron chi connectivity index (χ3n) is 5.23. The molecule has 146 valence electrons. The van der Waals surface area contributed by atoms with Crippen molar-refractivity contribution in [1.82, 2.24) is 19.4 Å². The molecule has 2 aromatic heterocycles. The molecule has 1 saturated heterocycles. The van der Waals surface area contributed by atoms with Gasteiger partial charge in [0.05, 0.1) is 23.7 Å². The van der Waals surface area contributed by atoms with Crippen LogP contribution in [0.3, 0.4) is 0 Å². The van der Waals surface area contributed by atoms with Gasteiger partial charge >= 0.3 is 0 Å². The number of furan rings is 1. The van der Waals surface area contributed by atoms with Gasteiger partial charge in [0.15, 0.2) is 4.77 Å². The van der Waals surface area contributed by atoms with Gasteiger partial charge in [0.1, 0.15) is 5.76 Å². The van der Waals surface area contributed by atoms with Crippen LogP contribution in [0, 0.1) is 4.77 Å². The first-order chi connectivity index (χ1) is 13.6. The minimum Gasteiger partial charge on any atom is -0.467 e. The minimum atomic E-state index is -0.203. The van der Waals surface area contributed by atoms with Gasteiger partial charge in [-0.25, -0.2) is 0 Å². The van der Waals surface area contributed by atoms with Crippen molar-refractivity contribution in [3.8, 4) is 0 Å². The number of amides is 1. The first-order valence-electron chi connectivity index (χ1n) is 9.37. The van der Waals surface area contributed by atoms with E-state index in [2.05, 4.69) is 16.8 Å². The lowest BCUT2D eigenvalue weighted by Gasteiger charge is -2.34. The molecule has 1 N–H and O–H groups in total. The molecule has 3 aromatic rings. The Morgan fingerprint density at radius 3 is 2.68 bits per heavy atom. The van der Waals surface area contributed by atoms with Crippen molar-refractivity contribution in [3.63, 3.8) is 0 Å². The lowest BCUT2D eigenvalue weighted by atomic mass is 10.1. The number of fused-ring (bicyclic) bond motifs is 1. The molecule has 1 amide bonds. The van der Waals surface area contributed by atoms with Gasteiger partial charge in [-0.3, -0.25) is 14.2 Å². The number of nitrogens with one attached hydrogen (secondary N) is 1. The Morgan fingerprint density at radius 2 is 2.00 bits per heavy atom. The van der Waals surface area contributed by atoms with Gasteiger partial charge in [0, 0.05) is 31.7 Å². The molecule has 3 heterocycles. The average Bonchev–Trinajstić information content (AvgIpc) is 3.23. The molecule has 0 radical (unpaired) electrons. The van der Waals surface area contributed by atoms with E-state index in [4.69, 9.17) is 16.6 Å². The molecule has 0 aliphatic carbocycles. The molecule has 0 unspecified atom stereocenters. The van der Waals surface area contributed by atoms with E-state index in [1.807, 2.05) is 4.90 Å². The molecular weight excluding hydrogens is 376 g/mol. The molecule has 4 rings (SSSR count). The van der Waals surface area contributed by atoms with E-state index in [0.29, 0.717) is 40.1 Å². The van der Waals surface area contributed by atoms with Crippen molar-refractivity contribution in [2.45, 2.75) is 13.5 Å². The van der Waals surface area contributed by atoms with Gasteiger partial charge in [-0.2, -0.15) is 0 Å². The summed E-state index contributed by atoms with van der Waals surface area (Å²) in [7, 11) is 0. The van der Waals surface area contributed by atoms with E-state index in [1.54, 1.807) is 36.6 Å². The van der Waals surface area contributed by atoms with Crippen LogP contribution in [0.2, 0.25) is 0 Å². The monoisotopic (exact) mass is 398 g/mol. The molecule has 0 saturated carbocycles. The number of H-pyrrole nitrogens is 1. The highest BCUT2D eigenvalue weighted by Gasteiger charge is 2.22. The van der Waals surface area contributed by atoms with Crippen LogP contribution >= 0.6 is 12.2 Å². The molecule has 1 aromatic carbocycles. The summed E-state index contributed by atoms with van der Waals surface area (Å²) >= 11 is 5.37. The Morgan fingerprint density at radius 1 is 1.21 bits per heavy atom. The van der Waals surface area contributed by atoms with Crippen LogP contribution in [-0.2, 0) is 6.54 Å². The Labute approximate surface area is 167 Å². The fourth-order valence-corrected chi connectivity index (χ4v) is 3.80. The van der Waals surface area contributed by atoms with Crippen molar-refractivity contribution in [2.24, 2.45) is 0 Å². The first kappa shape index (κ1) is 18.6. The highest BCUT2D eigenvalue weighted by Crippen LogP contribution is 2.15. The van der Waals surface area contributed by atoms with E-state index >= 15 is 0 Å². The number of rotatable bonds is 4. The van der Waals surface area contributed by atoms with E-state index in [-0.39, 0.29) is 18.0 Å². The topological polar surface area (TPSA) is 74.5 Å². The maximum atomic E-state index is 12.9. The molecule has 0 atom stereocenters. The van der Waals surface area contributed by atoms with E-state index < -0.39 is 0 Å². The van der Waals surface area contributed by atoms with Crippen LogP contribution in [0.25, 0.3) is 10.9 Å². The first-order valence-corrected chi connectivity index (χ1v) is 9.78. The summed E-state index contributed by atoms with van der Waals surface area (Å²) < 4.78 is 7.08. The van der Waals surface area contributed by atoms with Gasteiger partial charge < -0.3 is 19.2 Å². The number of piperazine rings is 1. The predicted octanol–water partition coefficient (Wildman–Crippen LogP) is 2.48.